The van der Waals surface area contributed by atoms with E-state index in [1.54, 1.807) is 0 Å². The molecule has 0 aliphatic heterocycles. The molecule has 7 heteroatoms. The Bertz CT molecular complexity index is 402. The molecule has 2 N–H and O–H groups in total. The second kappa shape index (κ2) is 5.86. The van der Waals surface area contributed by atoms with E-state index in [1.165, 1.54) is 11.6 Å². The predicted octanol–water partition coefficient (Wildman–Crippen LogP) is 1.25. The molecule has 6 nitrogen and oxygen atoms in total. The molecular formula is C9H10N2O4S. The maximum Gasteiger partial charge on any atom is 0.407 e. The molecule has 0 aliphatic carbocycles. The molecule has 16 heavy (non-hydrogen) atoms. The molecule has 0 spiro atoms. The second-order valence-corrected chi connectivity index (χ2v) is 3.53. The zero-order valence-corrected chi connectivity index (χ0v) is 9.12. The second-order valence-electron chi connectivity index (χ2n) is 2.67. The normalized spacial score (nSPS) is 9.50. The molecule has 0 atom stereocenters. The molecule has 0 saturated carbocycles. The molecule has 0 aromatic carbocycles. The van der Waals surface area contributed by atoms with E-state index in [9.17, 15) is 9.59 Å². The minimum atomic E-state index is -1.06. The van der Waals surface area contributed by atoms with Crippen molar-refractivity contribution < 1.29 is 19.4 Å². The highest BCUT2D eigenvalue weighted by Crippen LogP contribution is 2.12. The number of carbonyl (C=O) groups is 2. The van der Waals surface area contributed by atoms with Crippen LogP contribution in [0, 0.1) is 0 Å². The molecule has 0 unspecified atom stereocenters. The van der Waals surface area contributed by atoms with Crippen molar-refractivity contribution in [2.75, 3.05) is 6.61 Å². The molecule has 1 heterocycles. The van der Waals surface area contributed by atoms with Gasteiger partial charge >= 0.3 is 12.1 Å². The van der Waals surface area contributed by atoms with Crippen LogP contribution in [0.2, 0.25) is 0 Å². The molecule has 1 aromatic rings. The topological polar surface area (TPSA) is 88.5 Å². The van der Waals surface area contributed by atoms with Gasteiger partial charge in [0.15, 0.2) is 0 Å². The highest BCUT2D eigenvalue weighted by molar-refractivity contribution is 7.11. The lowest BCUT2D eigenvalue weighted by Gasteiger charge is -2.03. The molecule has 0 bridgehead atoms. The molecule has 1 rings (SSSR count). The van der Waals surface area contributed by atoms with E-state index in [0.717, 1.165) is 11.3 Å². The van der Waals surface area contributed by atoms with Crippen LogP contribution in [-0.2, 0) is 11.3 Å². The Hall–Kier alpha value is -1.89. The van der Waals surface area contributed by atoms with Crippen LogP contribution >= 0.6 is 11.3 Å². The summed E-state index contributed by atoms with van der Waals surface area (Å²) in [7, 11) is 0. The molecule has 0 aliphatic rings. The third-order valence-electron chi connectivity index (χ3n) is 1.57. The largest absolute Gasteiger partial charge is 0.477 e. The SMILES string of the molecule is C=CCOC(=O)NCc1ncsc1C(=O)O. The van der Waals surface area contributed by atoms with Gasteiger partial charge in [0.1, 0.15) is 11.5 Å². The number of carboxylic acid groups (broad SMARTS) is 1. The minimum absolute atomic E-state index is 0.0289. The Labute approximate surface area is 95.6 Å². The van der Waals surface area contributed by atoms with Gasteiger partial charge in [0.2, 0.25) is 0 Å². The molecule has 86 valence electrons. The van der Waals surface area contributed by atoms with Crippen molar-refractivity contribution in [3.05, 3.63) is 28.7 Å². The van der Waals surface area contributed by atoms with Gasteiger partial charge in [0.25, 0.3) is 0 Å². The fourth-order valence-electron chi connectivity index (χ4n) is 0.911. The zero-order chi connectivity index (χ0) is 12.0. The van der Waals surface area contributed by atoms with E-state index in [0.29, 0.717) is 5.69 Å². The van der Waals surface area contributed by atoms with Crippen molar-refractivity contribution in [1.29, 1.82) is 0 Å². The monoisotopic (exact) mass is 242 g/mol. The molecular weight excluding hydrogens is 232 g/mol. The van der Waals surface area contributed by atoms with Crippen LogP contribution in [0.25, 0.3) is 0 Å². The number of nitrogens with one attached hydrogen (secondary N) is 1. The number of aromatic carboxylic acids is 1. The Kier molecular flexibility index (Phi) is 4.46. The number of ether oxygens (including phenoxy) is 1. The Morgan fingerprint density at radius 3 is 3.06 bits per heavy atom. The maximum atomic E-state index is 11.0. The number of nitrogens with zero attached hydrogens (tertiary/aromatic N) is 1. The van der Waals surface area contributed by atoms with Gasteiger partial charge in [-0.2, -0.15) is 0 Å². The van der Waals surface area contributed by atoms with Gasteiger partial charge in [-0.05, 0) is 0 Å². The number of carboxylic acids is 1. The summed E-state index contributed by atoms with van der Waals surface area (Å²) < 4.78 is 4.65. The van der Waals surface area contributed by atoms with Crippen molar-refractivity contribution >= 4 is 23.4 Å². The number of rotatable bonds is 5. The van der Waals surface area contributed by atoms with Gasteiger partial charge in [-0.15, -0.1) is 11.3 Å². The summed E-state index contributed by atoms with van der Waals surface area (Å²) in [5.74, 6) is -1.06. The molecule has 1 amide bonds. The third-order valence-corrected chi connectivity index (χ3v) is 2.42. The number of carbonyl (C=O) groups excluding carboxylic acids is 1. The smallest absolute Gasteiger partial charge is 0.407 e. The van der Waals surface area contributed by atoms with Crippen LogP contribution in [0.15, 0.2) is 18.2 Å². The quantitative estimate of drug-likeness (QED) is 0.759. The standard InChI is InChI=1S/C9H10N2O4S/c1-2-3-15-9(14)10-4-6-7(8(12)13)16-5-11-6/h2,5H,1,3-4H2,(H,10,14)(H,12,13). The first-order valence-electron chi connectivity index (χ1n) is 4.32. The number of alkyl carbamates (subject to hydrolysis) is 1. The highest BCUT2D eigenvalue weighted by Gasteiger charge is 2.13. The minimum Gasteiger partial charge on any atom is -0.477 e. The van der Waals surface area contributed by atoms with Gasteiger partial charge in [0, 0.05) is 0 Å². The lowest BCUT2D eigenvalue weighted by molar-refractivity contribution is 0.0700. The zero-order valence-electron chi connectivity index (χ0n) is 8.30. The first-order valence-corrected chi connectivity index (χ1v) is 5.20. The van der Waals surface area contributed by atoms with Crippen LogP contribution < -0.4 is 5.32 Å². The number of hydrogen-bond donors (Lipinski definition) is 2. The van der Waals surface area contributed by atoms with Crippen LogP contribution in [0.4, 0.5) is 4.79 Å². The Morgan fingerprint density at radius 2 is 2.44 bits per heavy atom. The van der Waals surface area contributed by atoms with E-state index >= 15 is 0 Å². The molecule has 0 radical (unpaired) electrons. The van der Waals surface area contributed by atoms with Crippen molar-refractivity contribution in [3.63, 3.8) is 0 Å². The summed E-state index contributed by atoms with van der Waals surface area (Å²) in [5.41, 5.74) is 1.73. The van der Waals surface area contributed by atoms with Crippen molar-refractivity contribution in [1.82, 2.24) is 10.3 Å². The summed E-state index contributed by atoms with van der Waals surface area (Å²) in [4.78, 5) is 25.7. The number of hydrogen-bond acceptors (Lipinski definition) is 5. The molecule has 0 saturated heterocycles. The average Bonchev–Trinajstić information content (AvgIpc) is 2.71. The van der Waals surface area contributed by atoms with E-state index in [-0.39, 0.29) is 18.0 Å². The maximum absolute atomic E-state index is 11.0. The van der Waals surface area contributed by atoms with Gasteiger partial charge in [0.05, 0.1) is 17.7 Å². The number of aromatic nitrogens is 1. The lowest BCUT2D eigenvalue weighted by Crippen LogP contribution is -2.24. The number of amides is 1. The third kappa shape index (κ3) is 3.35. The van der Waals surface area contributed by atoms with E-state index in [1.807, 2.05) is 0 Å². The van der Waals surface area contributed by atoms with Crippen LogP contribution in [0.1, 0.15) is 15.4 Å². The summed E-state index contributed by atoms with van der Waals surface area (Å²) in [6, 6.07) is 0. The highest BCUT2D eigenvalue weighted by atomic mass is 32.1. The predicted molar refractivity (Wildman–Crippen MR) is 57.5 cm³/mol. The molecule has 0 fully saturated rings. The fourth-order valence-corrected chi connectivity index (χ4v) is 1.56. The summed E-state index contributed by atoms with van der Waals surface area (Å²) >= 11 is 1.01. The fraction of sp³-hybridized carbons (Fsp3) is 0.222. The van der Waals surface area contributed by atoms with E-state index < -0.39 is 12.1 Å². The van der Waals surface area contributed by atoms with E-state index in [2.05, 4.69) is 21.6 Å². The first-order chi connectivity index (χ1) is 7.65. The Balaban J connectivity index is 2.48. The van der Waals surface area contributed by atoms with Gasteiger partial charge in [-0.25, -0.2) is 14.6 Å². The first kappa shape index (κ1) is 12.2. The lowest BCUT2D eigenvalue weighted by atomic mass is 10.3. The summed E-state index contributed by atoms with van der Waals surface area (Å²) in [6.07, 6.45) is 0.801. The van der Waals surface area contributed by atoms with Crippen molar-refractivity contribution in [2.45, 2.75) is 6.54 Å². The van der Waals surface area contributed by atoms with Gasteiger partial charge < -0.3 is 15.2 Å². The van der Waals surface area contributed by atoms with Crippen LogP contribution in [-0.4, -0.2) is 28.8 Å². The van der Waals surface area contributed by atoms with E-state index in [4.69, 9.17) is 5.11 Å². The van der Waals surface area contributed by atoms with Crippen LogP contribution in [0.5, 0.6) is 0 Å². The Morgan fingerprint density at radius 1 is 1.69 bits per heavy atom. The van der Waals surface area contributed by atoms with Crippen molar-refractivity contribution in [2.24, 2.45) is 0 Å². The molecule has 1 aromatic heterocycles. The van der Waals surface area contributed by atoms with Crippen molar-refractivity contribution in [3.8, 4) is 0 Å². The van der Waals surface area contributed by atoms with Gasteiger partial charge in [-0.3, -0.25) is 0 Å². The summed E-state index contributed by atoms with van der Waals surface area (Å²) in [6.45, 7) is 3.52. The van der Waals surface area contributed by atoms with Crippen LogP contribution in [0.3, 0.4) is 0 Å². The summed E-state index contributed by atoms with van der Waals surface area (Å²) in [5, 5.41) is 11.2. The average molecular weight is 242 g/mol. The number of thiazole rings is 1. The van der Waals surface area contributed by atoms with Gasteiger partial charge in [-0.1, -0.05) is 12.7 Å².